The number of hydrogen-bond acceptors (Lipinski definition) is 5. The van der Waals surface area contributed by atoms with Gasteiger partial charge in [0.2, 0.25) is 5.95 Å². The Hall–Kier alpha value is -2.50. The number of aryl methyl sites for hydroxylation is 2. The van der Waals surface area contributed by atoms with Crippen molar-refractivity contribution in [1.82, 2.24) is 15.0 Å². The Morgan fingerprint density at radius 2 is 1.95 bits per heavy atom. The van der Waals surface area contributed by atoms with Crippen molar-refractivity contribution in [2.75, 3.05) is 17.2 Å². The first-order chi connectivity index (χ1) is 10.1. The normalized spacial score (nSPS) is 10.2. The lowest BCUT2D eigenvalue weighted by atomic mass is 10.2. The zero-order valence-electron chi connectivity index (χ0n) is 12.5. The molecule has 0 bridgehead atoms. The van der Waals surface area contributed by atoms with Gasteiger partial charge in [0.15, 0.2) is 0 Å². The number of rotatable bonds is 5. The number of pyridine rings is 1. The molecule has 2 heterocycles. The molecule has 110 valence electrons. The van der Waals surface area contributed by atoms with Crippen molar-refractivity contribution in [2.24, 2.45) is 0 Å². The van der Waals surface area contributed by atoms with Crippen molar-refractivity contribution >= 4 is 17.7 Å². The molecule has 2 rings (SSSR count). The third-order valence-electron chi connectivity index (χ3n) is 2.80. The molecule has 0 spiro atoms. The number of amides is 1. The Bertz CT molecular complexity index is 621. The van der Waals surface area contributed by atoms with Crippen LogP contribution in [0.4, 0.5) is 11.8 Å². The molecule has 0 aliphatic carbocycles. The van der Waals surface area contributed by atoms with Gasteiger partial charge in [-0.15, -0.1) is 0 Å². The van der Waals surface area contributed by atoms with Gasteiger partial charge < -0.3 is 5.32 Å². The Balaban J connectivity index is 2.20. The zero-order chi connectivity index (χ0) is 15.2. The molecule has 0 aliphatic heterocycles. The van der Waals surface area contributed by atoms with Crippen molar-refractivity contribution in [3.63, 3.8) is 0 Å². The lowest BCUT2D eigenvalue weighted by Gasteiger charge is -2.10. The minimum atomic E-state index is -0.272. The first-order valence-corrected chi connectivity index (χ1v) is 6.92. The fraction of sp³-hybridized carbons (Fsp3) is 0.333. The van der Waals surface area contributed by atoms with Gasteiger partial charge in [-0.3, -0.25) is 10.1 Å². The number of carbonyl (C=O) groups is 1. The van der Waals surface area contributed by atoms with E-state index in [1.807, 2.05) is 19.9 Å². The first kappa shape index (κ1) is 14.9. The second-order valence-electron chi connectivity index (χ2n) is 4.75. The molecule has 21 heavy (non-hydrogen) atoms. The quantitative estimate of drug-likeness (QED) is 0.882. The minimum absolute atomic E-state index is 0.272. The molecule has 2 aromatic heterocycles. The van der Waals surface area contributed by atoms with Gasteiger partial charge in [0.1, 0.15) is 5.82 Å². The van der Waals surface area contributed by atoms with E-state index in [1.165, 1.54) is 0 Å². The Labute approximate surface area is 124 Å². The first-order valence-electron chi connectivity index (χ1n) is 6.92. The van der Waals surface area contributed by atoms with Crippen molar-refractivity contribution in [3.8, 4) is 0 Å². The largest absolute Gasteiger partial charge is 0.369 e. The number of hydrogen-bond donors (Lipinski definition) is 2. The van der Waals surface area contributed by atoms with Gasteiger partial charge in [0.05, 0.1) is 5.56 Å². The number of anilines is 2. The Morgan fingerprint density at radius 1 is 1.24 bits per heavy atom. The molecule has 0 saturated heterocycles. The SMILES string of the molecule is CCCNc1ncccc1C(=O)Nc1nc(C)cc(C)n1. The molecule has 0 aromatic carbocycles. The molecule has 1 amide bonds. The standard InChI is InChI=1S/C15H19N5O/c1-4-7-16-13-12(6-5-8-17-13)14(21)20-15-18-10(2)9-11(3)19-15/h5-6,8-9H,4,7H2,1-3H3,(H,16,17)(H,18,19,20,21). The van der Waals surface area contributed by atoms with Crippen LogP contribution < -0.4 is 10.6 Å². The van der Waals surface area contributed by atoms with E-state index in [0.29, 0.717) is 17.3 Å². The summed E-state index contributed by atoms with van der Waals surface area (Å²) in [4.78, 5) is 25.0. The maximum Gasteiger partial charge on any atom is 0.261 e. The van der Waals surface area contributed by atoms with Gasteiger partial charge in [0, 0.05) is 24.1 Å². The van der Waals surface area contributed by atoms with Crippen molar-refractivity contribution in [3.05, 3.63) is 41.3 Å². The third kappa shape index (κ3) is 3.98. The van der Waals surface area contributed by atoms with Crippen LogP contribution in [0, 0.1) is 13.8 Å². The van der Waals surface area contributed by atoms with E-state index in [4.69, 9.17) is 0 Å². The summed E-state index contributed by atoms with van der Waals surface area (Å²) < 4.78 is 0. The molecule has 0 fully saturated rings. The van der Waals surface area contributed by atoms with Crippen LogP contribution in [0.25, 0.3) is 0 Å². The summed E-state index contributed by atoms with van der Waals surface area (Å²) in [6, 6.07) is 5.31. The highest BCUT2D eigenvalue weighted by molar-refractivity contribution is 6.06. The van der Waals surface area contributed by atoms with E-state index < -0.39 is 0 Å². The third-order valence-corrected chi connectivity index (χ3v) is 2.80. The molecule has 0 aliphatic rings. The predicted octanol–water partition coefficient (Wildman–Crippen LogP) is 2.56. The van der Waals surface area contributed by atoms with Crippen LogP contribution in [0.1, 0.15) is 35.1 Å². The Morgan fingerprint density at radius 3 is 2.62 bits per heavy atom. The van der Waals surface area contributed by atoms with Crippen LogP contribution in [0.15, 0.2) is 24.4 Å². The lowest BCUT2D eigenvalue weighted by Crippen LogP contribution is -2.18. The second-order valence-corrected chi connectivity index (χ2v) is 4.75. The molecule has 0 atom stereocenters. The molecule has 0 saturated carbocycles. The predicted molar refractivity (Wildman–Crippen MR) is 82.5 cm³/mol. The maximum absolute atomic E-state index is 12.3. The van der Waals surface area contributed by atoms with Gasteiger partial charge in [-0.25, -0.2) is 15.0 Å². The number of aromatic nitrogens is 3. The van der Waals surface area contributed by atoms with Crippen LogP contribution >= 0.6 is 0 Å². The average Bonchev–Trinajstić information content (AvgIpc) is 2.44. The van der Waals surface area contributed by atoms with Crippen LogP contribution in [0.5, 0.6) is 0 Å². The van der Waals surface area contributed by atoms with Crippen LogP contribution in [0.3, 0.4) is 0 Å². The van der Waals surface area contributed by atoms with Crippen LogP contribution in [0.2, 0.25) is 0 Å². The zero-order valence-corrected chi connectivity index (χ0v) is 12.5. The van der Waals surface area contributed by atoms with E-state index in [2.05, 4.69) is 32.5 Å². The summed E-state index contributed by atoms with van der Waals surface area (Å²) in [5, 5.41) is 5.86. The summed E-state index contributed by atoms with van der Waals surface area (Å²) in [5.74, 6) is 0.607. The number of nitrogens with zero attached hydrogens (tertiary/aromatic N) is 3. The van der Waals surface area contributed by atoms with E-state index in [0.717, 1.165) is 24.4 Å². The molecule has 2 N–H and O–H groups in total. The molecule has 2 aromatic rings. The van der Waals surface area contributed by atoms with Gasteiger partial charge in [-0.2, -0.15) is 0 Å². The topological polar surface area (TPSA) is 79.8 Å². The molecule has 6 heteroatoms. The Kier molecular flexibility index (Phi) is 4.81. The summed E-state index contributed by atoms with van der Waals surface area (Å²) in [6.07, 6.45) is 2.61. The highest BCUT2D eigenvalue weighted by Gasteiger charge is 2.13. The molecular formula is C15H19N5O. The fourth-order valence-corrected chi connectivity index (χ4v) is 1.92. The molecule has 0 radical (unpaired) electrons. The van der Waals surface area contributed by atoms with Crippen molar-refractivity contribution in [2.45, 2.75) is 27.2 Å². The fourth-order valence-electron chi connectivity index (χ4n) is 1.92. The van der Waals surface area contributed by atoms with Gasteiger partial charge >= 0.3 is 0 Å². The van der Waals surface area contributed by atoms with Gasteiger partial charge in [-0.1, -0.05) is 6.92 Å². The van der Waals surface area contributed by atoms with E-state index >= 15 is 0 Å². The average molecular weight is 285 g/mol. The lowest BCUT2D eigenvalue weighted by molar-refractivity contribution is 0.102. The van der Waals surface area contributed by atoms with Crippen molar-refractivity contribution in [1.29, 1.82) is 0 Å². The van der Waals surface area contributed by atoms with E-state index in [-0.39, 0.29) is 5.91 Å². The second kappa shape index (κ2) is 6.78. The van der Waals surface area contributed by atoms with E-state index in [9.17, 15) is 4.79 Å². The number of carbonyl (C=O) groups excluding carboxylic acids is 1. The van der Waals surface area contributed by atoms with Gasteiger partial charge in [0.25, 0.3) is 5.91 Å². The molecule has 6 nitrogen and oxygen atoms in total. The van der Waals surface area contributed by atoms with Crippen molar-refractivity contribution < 1.29 is 4.79 Å². The molecule has 0 unspecified atom stereocenters. The summed E-state index contributed by atoms with van der Waals surface area (Å²) in [6.45, 7) is 6.54. The minimum Gasteiger partial charge on any atom is -0.369 e. The number of nitrogens with one attached hydrogen (secondary N) is 2. The highest BCUT2D eigenvalue weighted by Crippen LogP contribution is 2.13. The monoisotopic (exact) mass is 285 g/mol. The maximum atomic E-state index is 12.3. The summed E-state index contributed by atoms with van der Waals surface area (Å²) >= 11 is 0. The van der Waals surface area contributed by atoms with Gasteiger partial charge in [-0.05, 0) is 38.5 Å². The summed E-state index contributed by atoms with van der Waals surface area (Å²) in [5.41, 5.74) is 2.11. The van der Waals surface area contributed by atoms with Crippen LogP contribution in [-0.4, -0.2) is 27.4 Å². The van der Waals surface area contributed by atoms with Crippen LogP contribution in [-0.2, 0) is 0 Å². The highest BCUT2D eigenvalue weighted by atomic mass is 16.1. The smallest absolute Gasteiger partial charge is 0.261 e. The van der Waals surface area contributed by atoms with E-state index in [1.54, 1.807) is 18.3 Å². The summed E-state index contributed by atoms with van der Waals surface area (Å²) in [7, 11) is 0. The molecular weight excluding hydrogens is 266 g/mol.